The Bertz CT molecular complexity index is 596. The van der Waals surface area contributed by atoms with Gasteiger partial charge in [-0.2, -0.15) is 5.26 Å². The van der Waals surface area contributed by atoms with Gasteiger partial charge < -0.3 is 14.5 Å². The summed E-state index contributed by atoms with van der Waals surface area (Å²) in [7, 11) is 0. The molecule has 0 aromatic heterocycles. The number of carbonyl (C=O) groups is 1. The van der Waals surface area contributed by atoms with Crippen molar-refractivity contribution in [2.24, 2.45) is 0 Å². The molecule has 1 aromatic carbocycles. The quantitative estimate of drug-likeness (QED) is 0.765. The van der Waals surface area contributed by atoms with Crippen molar-refractivity contribution in [1.82, 2.24) is 4.90 Å². The Morgan fingerprint density at radius 1 is 1.27 bits per heavy atom. The maximum atomic E-state index is 12.1. The lowest BCUT2D eigenvalue weighted by Gasteiger charge is -2.37. The van der Waals surface area contributed by atoms with Crippen molar-refractivity contribution in [1.29, 1.82) is 5.26 Å². The van der Waals surface area contributed by atoms with E-state index in [0.29, 0.717) is 31.7 Å². The molecule has 0 N–H and O–H groups in total. The van der Waals surface area contributed by atoms with Gasteiger partial charge in [0.05, 0.1) is 11.3 Å². The average molecular weight is 366 g/mol. The minimum Gasteiger partial charge on any atom is -0.444 e. The number of piperazine rings is 1. The summed E-state index contributed by atoms with van der Waals surface area (Å²) >= 11 is 3.38. The van der Waals surface area contributed by atoms with Crippen LogP contribution in [0.4, 0.5) is 10.5 Å². The Hall–Kier alpha value is -1.74. The van der Waals surface area contributed by atoms with Gasteiger partial charge in [-0.15, -0.1) is 0 Å². The van der Waals surface area contributed by atoms with Crippen molar-refractivity contribution < 1.29 is 9.53 Å². The first-order chi connectivity index (χ1) is 10.3. The van der Waals surface area contributed by atoms with Gasteiger partial charge in [0.25, 0.3) is 0 Å². The van der Waals surface area contributed by atoms with Gasteiger partial charge in [-0.3, -0.25) is 0 Å². The largest absolute Gasteiger partial charge is 0.444 e. The Balaban J connectivity index is 2.01. The van der Waals surface area contributed by atoms with Gasteiger partial charge in [-0.05, 0) is 39.0 Å². The van der Waals surface area contributed by atoms with Crippen LogP contribution in [0.2, 0.25) is 0 Å². The SMILES string of the molecule is CC(C)(C)OC(=O)N1CCN(c2ccc(Br)cc2C#N)CC1. The van der Waals surface area contributed by atoms with E-state index < -0.39 is 5.60 Å². The van der Waals surface area contributed by atoms with Crippen LogP contribution in [0.3, 0.4) is 0 Å². The van der Waals surface area contributed by atoms with E-state index in [1.807, 2.05) is 39.0 Å². The predicted molar refractivity (Wildman–Crippen MR) is 88.9 cm³/mol. The Labute approximate surface area is 139 Å². The molecule has 0 atom stereocenters. The summed E-state index contributed by atoms with van der Waals surface area (Å²) in [6.07, 6.45) is -0.275. The molecule has 0 spiro atoms. The zero-order valence-corrected chi connectivity index (χ0v) is 14.7. The molecule has 1 aromatic rings. The van der Waals surface area contributed by atoms with Gasteiger partial charge in [0.2, 0.25) is 0 Å². The highest BCUT2D eigenvalue weighted by Crippen LogP contribution is 2.25. The molecule has 22 heavy (non-hydrogen) atoms. The smallest absolute Gasteiger partial charge is 0.410 e. The van der Waals surface area contributed by atoms with Gasteiger partial charge in [0.1, 0.15) is 11.7 Å². The molecule has 1 heterocycles. The zero-order valence-electron chi connectivity index (χ0n) is 13.1. The molecule has 0 radical (unpaired) electrons. The lowest BCUT2D eigenvalue weighted by Crippen LogP contribution is -2.50. The normalized spacial score (nSPS) is 15.4. The third-order valence-electron chi connectivity index (χ3n) is 3.35. The van der Waals surface area contributed by atoms with E-state index in [9.17, 15) is 10.1 Å². The molecule has 0 saturated carbocycles. The highest BCUT2D eigenvalue weighted by atomic mass is 79.9. The van der Waals surface area contributed by atoms with E-state index in [1.165, 1.54) is 0 Å². The molecule has 1 saturated heterocycles. The van der Waals surface area contributed by atoms with E-state index in [4.69, 9.17) is 4.74 Å². The van der Waals surface area contributed by atoms with E-state index >= 15 is 0 Å². The second-order valence-corrected chi connectivity index (χ2v) is 7.14. The number of nitriles is 1. The summed E-state index contributed by atoms with van der Waals surface area (Å²) in [5.41, 5.74) is 1.07. The standard InChI is InChI=1S/C16H20BrN3O2/c1-16(2,3)22-15(21)20-8-6-19(7-9-20)14-5-4-13(17)10-12(14)11-18/h4-5,10H,6-9H2,1-3H3. The van der Waals surface area contributed by atoms with E-state index in [0.717, 1.165) is 10.2 Å². The van der Waals surface area contributed by atoms with Crippen LogP contribution >= 0.6 is 15.9 Å². The Morgan fingerprint density at radius 3 is 2.45 bits per heavy atom. The molecule has 1 aliphatic rings. The van der Waals surface area contributed by atoms with Crippen molar-refractivity contribution in [3.8, 4) is 6.07 Å². The van der Waals surface area contributed by atoms with Gasteiger partial charge in [0.15, 0.2) is 0 Å². The highest BCUT2D eigenvalue weighted by Gasteiger charge is 2.26. The molecule has 1 amide bonds. The number of benzene rings is 1. The molecule has 5 nitrogen and oxygen atoms in total. The first kappa shape index (κ1) is 16.6. The summed E-state index contributed by atoms with van der Waals surface area (Å²) in [5, 5.41) is 9.26. The summed E-state index contributed by atoms with van der Waals surface area (Å²) in [6.45, 7) is 8.16. The number of carbonyl (C=O) groups excluding carboxylic acids is 1. The number of rotatable bonds is 1. The van der Waals surface area contributed by atoms with Gasteiger partial charge in [0, 0.05) is 30.7 Å². The monoisotopic (exact) mass is 365 g/mol. The van der Waals surface area contributed by atoms with Crippen LogP contribution in [0.15, 0.2) is 22.7 Å². The van der Waals surface area contributed by atoms with Crippen LogP contribution in [0, 0.1) is 11.3 Å². The van der Waals surface area contributed by atoms with Gasteiger partial charge in [-0.1, -0.05) is 15.9 Å². The number of hydrogen-bond acceptors (Lipinski definition) is 4. The highest BCUT2D eigenvalue weighted by molar-refractivity contribution is 9.10. The minimum atomic E-state index is -0.478. The fourth-order valence-electron chi connectivity index (χ4n) is 2.33. The number of halogens is 1. The van der Waals surface area contributed by atoms with Crippen molar-refractivity contribution in [2.45, 2.75) is 26.4 Å². The van der Waals surface area contributed by atoms with Crippen molar-refractivity contribution in [3.05, 3.63) is 28.2 Å². The predicted octanol–water partition coefficient (Wildman–Crippen LogP) is 3.38. The van der Waals surface area contributed by atoms with Crippen molar-refractivity contribution in [2.75, 3.05) is 31.1 Å². The number of anilines is 1. The Morgan fingerprint density at radius 2 is 1.91 bits per heavy atom. The van der Waals surface area contributed by atoms with Gasteiger partial charge in [-0.25, -0.2) is 4.79 Å². The van der Waals surface area contributed by atoms with Crippen molar-refractivity contribution >= 4 is 27.7 Å². The summed E-state index contributed by atoms with van der Waals surface area (Å²) in [5.74, 6) is 0. The number of nitrogens with zero attached hydrogens (tertiary/aromatic N) is 3. The van der Waals surface area contributed by atoms with Crippen LogP contribution in [0.1, 0.15) is 26.3 Å². The first-order valence-electron chi connectivity index (χ1n) is 7.23. The lowest BCUT2D eigenvalue weighted by atomic mass is 10.1. The van der Waals surface area contributed by atoms with Crippen LogP contribution in [0.25, 0.3) is 0 Å². The molecule has 118 valence electrons. The third-order valence-corrected chi connectivity index (χ3v) is 3.84. The van der Waals surface area contributed by atoms with Crippen molar-refractivity contribution in [3.63, 3.8) is 0 Å². The molecule has 0 aliphatic carbocycles. The molecule has 0 unspecified atom stereocenters. The number of hydrogen-bond donors (Lipinski definition) is 0. The molecule has 6 heteroatoms. The second-order valence-electron chi connectivity index (χ2n) is 6.23. The summed E-state index contributed by atoms with van der Waals surface area (Å²) in [6, 6.07) is 7.90. The lowest BCUT2D eigenvalue weighted by molar-refractivity contribution is 0.0240. The first-order valence-corrected chi connectivity index (χ1v) is 8.02. The van der Waals surface area contributed by atoms with E-state index in [-0.39, 0.29) is 6.09 Å². The van der Waals surface area contributed by atoms with Crippen LogP contribution in [-0.4, -0.2) is 42.8 Å². The molecule has 0 bridgehead atoms. The third kappa shape index (κ3) is 4.14. The molecule has 1 aliphatic heterocycles. The van der Waals surface area contributed by atoms with Crippen LogP contribution < -0.4 is 4.90 Å². The Kier molecular flexibility index (Phi) is 4.97. The minimum absolute atomic E-state index is 0.275. The summed E-state index contributed by atoms with van der Waals surface area (Å²) < 4.78 is 6.28. The number of amides is 1. The average Bonchev–Trinajstić information content (AvgIpc) is 2.45. The van der Waals surface area contributed by atoms with Crippen LogP contribution in [-0.2, 0) is 4.74 Å². The fraction of sp³-hybridized carbons (Fsp3) is 0.500. The fourth-order valence-corrected chi connectivity index (χ4v) is 2.69. The maximum absolute atomic E-state index is 12.1. The van der Waals surface area contributed by atoms with E-state index in [1.54, 1.807) is 4.90 Å². The summed E-state index contributed by atoms with van der Waals surface area (Å²) in [4.78, 5) is 15.9. The second kappa shape index (κ2) is 6.57. The molecular weight excluding hydrogens is 346 g/mol. The number of ether oxygens (including phenoxy) is 1. The molecule has 1 fully saturated rings. The van der Waals surface area contributed by atoms with Gasteiger partial charge >= 0.3 is 6.09 Å². The van der Waals surface area contributed by atoms with Crippen LogP contribution in [0.5, 0.6) is 0 Å². The molecular formula is C16H20BrN3O2. The van der Waals surface area contributed by atoms with E-state index in [2.05, 4.69) is 26.9 Å². The maximum Gasteiger partial charge on any atom is 0.410 e. The topological polar surface area (TPSA) is 56.6 Å². The zero-order chi connectivity index (χ0) is 16.3. The molecule has 2 rings (SSSR count).